The summed E-state index contributed by atoms with van der Waals surface area (Å²) in [6, 6.07) is 3.77. The molecule has 3 aliphatic rings. The number of furan rings is 1. The van der Waals surface area contributed by atoms with Crippen LogP contribution in [0.4, 0.5) is 0 Å². The SMILES string of the molecule is Cc1c(C(=O)NCCN2CCOCC2)oc2ccc3c(c12)C(O)CC1(CCCCCC1)O3. The van der Waals surface area contributed by atoms with Gasteiger partial charge in [-0.05, 0) is 44.7 Å². The van der Waals surface area contributed by atoms with E-state index in [0.717, 1.165) is 80.8 Å². The molecule has 2 fully saturated rings. The third kappa shape index (κ3) is 4.14. The van der Waals surface area contributed by atoms with Gasteiger partial charge in [0.2, 0.25) is 0 Å². The molecule has 5 rings (SSSR count). The highest BCUT2D eigenvalue weighted by molar-refractivity contribution is 6.00. The monoisotopic (exact) mass is 442 g/mol. The molecule has 1 saturated heterocycles. The van der Waals surface area contributed by atoms with Crippen molar-refractivity contribution in [3.63, 3.8) is 0 Å². The molecule has 32 heavy (non-hydrogen) atoms. The highest BCUT2D eigenvalue weighted by Crippen LogP contribution is 2.49. The highest BCUT2D eigenvalue weighted by Gasteiger charge is 2.42. The summed E-state index contributed by atoms with van der Waals surface area (Å²) in [4.78, 5) is 15.1. The first-order valence-electron chi connectivity index (χ1n) is 12.1. The molecule has 2 N–H and O–H groups in total. The number of hydrogen-bond donors (Lipinski definition) is 2. The van der Waals surface area contributed by atoms with Crippen LogP contribution in [0, 0.1) is 6.92 Å². The molecule has 7 heteroatoms. The van der Waals surface area contributed by atoms with Gasteiger partial charge in [0.05, 0.1) is 19.3 Å². The number of aryl methyl sites for hydroxylation is 1. The maximum atomic E-state index is 12.9. The van der Waals surface area contributed by atoms with E-state index in [1.807, 2.05) is 19.1 Å². The predicted octanol–water partition coefficient (Wildman–Crippen LogP) is 3.71. The molecule has 174 valence electrons. The molecule has 1 saturated carbocycles. The van der Waals surface area contributed by atoms with Crippen LogP contribution in [0.5, 0.6) is 5.75 Å². The van der Waals surface area contributed by atoms with Gasteiger partial charge in [0.15, 0.2) is 5.76 Å². The zero-order valence-electron chi connectivity index (χ0n) is 19.0. The average Bonchev–Trinajstić information content (AvgIpc) is 2.97. The topological polar surface area (TPSA) is 84.2 Å². The molecule has 1 spiro atoms. The minimum absolute atomic E-state index is 0.216. The van der Waals surface area contributed by atoms with Gasteiger partial charge in [0.1, 0.15) is 16.9 Å². The highest BCUT2D eigenvalue weighted by atomic mass is 16.5. The normalized spacial score (nSPS) is 23.5. The number of aliphatic hydroxyl groups is 1. The third-order valence-corrected chi connectivity index (χ3v) is 7.36. The Kier molecular flexibility index (Phi) is 6.14. The molecule has 2 aliphatic heterocycles. The van der Waals surface area contributed by atoms with Gasteiger partial charge in [0, 0.05) is 49.1 Å². The standard InChI is InChI=1S/C25H34N2O5/c1-17-21-19(31-23(17)24(29)26-10-11-27-12-14-30-15-13-27)6-7-20-22(21)18(28)16-25(32-20)8-4-2-3-5-9-25/h6-7,18,28H,2-5,8-16H2,1H3,(H,26,29). The second-order valence-electron chi connectivity index (χ2n) is 9.54. The Morgan fingerprint density at radius 1 is 1.19 bits per heavy atom. The van der Waals surface area contributed by atoms with E-state index < -0.39 is 6.10 Å². The molecule has 7 nitrogen and oxygen atoms in total. The van der Waals surface area contributed by atoms with Gasteiger partial charge >= 0.3 is 0 Å². The van der Waals surface area contributed by atoms with Crippen LogP contribution < -0.4 is 10.1 Å². The van der Waals surface area contributed by atoms with Crippen LogP contribution in [0.25, 0.3) is 11.0 Å². The lowest BCUT2D eigenvalue weighted by Crippen LogP contribution is -2.41. The first-order valence-corrected chi connectivity index (χ1v) is 12.1. The molecule has 1 amide bonds. The van der Waals surface area contributed by atoms with Gasteiger partial charge in [-0.3, -0.25) is 9.69 Å². The van der Waals surface area contributed by atoms with Gasteiger partial charge in [-0.1, -0.05) is 12.8 Å². The van der Waals surface area contributed by atoms with Crippen molar-refractivity contribution in [2.45, 2.75) is 63.6 Å². The van der Waals surface area contributed by atoms with Gasteiger partial charge in [-0.15, -0.1) is 0 Å². The van der Waals surface area contributed by atoms with Crippen molar-refractivity contribution in [2.75, 3.05) is 39.4 Å². The summed E-state index contributed by atoms with van der Waals surface area (Å²) in [7, 11) is 0. The molecule has 2 aromatic rings. The Bertz CT molecular complexity index is 970. The van der Waals surface area contributed by atoms with Crippen LogP contribution in [-0.2, 0) is 4.74 Å². The Labute approximate surface area is 189 Å². The van der Waals surface area contributed by atoms with Crippen LogP contribution in [0.3, 0.4) is 0 Å². The molecule has 1 aliphatic carbocycles. The number of fused-ring (bicyclic) bond motifs is 3. The molecule has 0 bridgehead atoms. The second kappa shape index (κ2) is 9.04. The van der Waals surface area contributed by atoms with Crippen molar-refractivity contribution in [3.05, 3.63) is 29.0 Å². The number of nitrogens with one attached hydrogen (secondary N) is 1. The van der Waals surface area contributed by atoms with Gasteiger partial charge in [-0.2, -0.15) is 0 Å². The van der Waals surface area contributed by atoms with Crippen LogP contribution in [0.1, 0.15) is 72.7 Å². The summed E-state index contributed by atoms with van der Waals surface area (Å²) in [6.45, 7) is 6.52. The summed E-state index contributed by atoms with van der Waals surface area (Å²) in [5, 5.41) is 15.0. The fraction of sp³-hybridized carbons (Fsp3) is 0.640. The second-order valence-corrected chi connectivity index (χ2v) is 9.54. The molecular weight excluding hydrogens is 408 g/mol. The van der Waals surface area contributed by atoms with Crippen LogP contribution in [0.2, 0.25) is 0 Å². The number of benzene rings is 1. The lowest BCUT2D eigenvalue weighted by atomic mass is 9.82. The van der Waals surface area contributed by atoms with Crippen molar-refractivity contribution in [1.82, 2.24) is 10.2 Å². The fourth-order valence-corrected chi connectivity index (χ4v) is 5.63. The minimum Gasteiger partial charge on any atom is -0.487 e. The first kappa shape index (κ1) is 21.7. The summed E-state index contributed by atoms with van der Waals surface area (Å²) >= 11 is 0. The van der Waals surface area contributed by atoms with Crippen molar-refractivity contribution in [3.8, 4) is 5.75 Å². The predicted molar refractivity (Wildman–Crippen MR) is 121 cm³/mol. The number of nitrogens with zero attached hydrogens (tertiary/aromatic N) is 1. The van der Waals surface area contributed by atoms with Crippen molar-refractivity contribution in [2.24, 2.45) is 0 Å². The molecule has 0 radical (unpaired) electrons. The van der Waals surface area contributed by atoms with Crippen LogP contribution in [0.15, 0.2) is 16.5 Å². The van der Waals surface area contributed by atoms with E-state index >= 15 is 0 Å². The lowest BCUT2D eigenvalue weighted by molar-refractivity contribution is -0.0236. The van der Waals surface area contributed by atoms with Crippen molar-refractivity contribution < 1.29 is 23.8 Å². The first-order chi connectivity index (χ1) is 15.6. The van der Waals surface area contributed by atoms with Gasteiger partial charge in [-0.25, -0.2) is 0 Å². The van der Waals surface area contributed by atoms with E-state index in [-0.39, 0.29) is 11.5 Å². The van der Waals surface area contributed by atoms with Crippen molar-refractivity contribution in [1.29, 1.82) is 0 Å². The van der Waals surface area contributed by atoms with E-state index in [9.17, 15) is 9.90 Å². The number of carbonyl (C=O) groups is 1. The fourth-order valence-electron chi connectivity index (χ4n) is 5.63. The van der Waals surface area contributed by atoms with E-state index in [0.29, 0.717) is 24.3 Å². The Morgan fingerprint density at radius 2 is 1.94 bits per heavy atom. The maximum absolute atomic E-state index is 12.9. The van der Waals surface area contributed by atoms with Crippen molar-refractivity contribution >= 4 is 16.9 Å². The average molecular weight is 443 g/mol. The summed E-state index contributed by atoms with van der Waals surface area (Å²) in [5.74, 6) is 0.839. The quantitative estimate of drug-likeness (QED) is 0.751. The molecule has 3 heterocycles. The van der Waals surface area contributed by atoms with E-state index in [2.05, 4.69) is 10.2 Å². The summed E-state index contributed by atoms with van der Waals surface area (Å²) in [6.07, 6.45) is 6.72. The Balaban J connectivity index is 1.36. The number of morpholine rings is 1. The van der Waals surface area contributed by atoms with Crippen LogP contribution >= 0.6 is 0 Å². The number of amides is 1. The molecule has 1 atom stereocenters. The summed E-state index contributed by atoms with van der Waals surface area (Å²) < 4.78 is 17.9. The van der Waals surface area contributed by atoms with E-state index in [4.69, 9.17) is 13.9 Å². The van der Waals surface area contributed by atoms with Crippen LogP contribution in [-0.4, -0.2) is 60.9 Å². The lowest BCUT2D eigenvalue weighted by Gasteiger charge is -2.40. The van der Waals surface area contributed by atoms with Gasteiger partial charge < -0.3 is 24.3 Å². The maximum Gasteiger partial charge on any atom is 0.287 e. The minimum atomic E-state index is -0.617. The number of rotatable bonds is 4. The Hall–Kier alpha value is -2.09. The molecule has 1 aromatic carbocycles. The third-order valence-electron chi connectivity index (χ3n) is 7.36. The van der Waals surface area contributed by atoms with Gasteiger partial charge in [0.25, 0.3) is 5.91 Å². The number of ether oxygens (including phenoxy) is 2. The smallest absolute Gasteiger partial charge is 0.287 e. The number of carbonyl (C=O) groups excluding carboxylic acids is 1. The summed E-state index contributed by atoms with van der Waals surface area (Å²) in [5.41, 5.74) is 1.89. The molecule has 1 aromatic heterocycles. The zero-order valence-corrected chi connectivity index (χ0v) is 19.0. The molecule has 1 unspecified atom stereocenters. The zero-order chi connectivity index (χ0) is 22.1. The van der Waals surface area contributed by atoms with E-state index in [1.165, 1.54) is 12.8 Å². The largest absolute Gasteiger partial charge is 0.487 e. The number of hydrogen-bond acceptors (Lipinski definition) is 6. The Morgan fingerprint density at radius 3 is 2.69 bits per heavy atom. The van der Waals surface area contributed by atoms with E-state index in [1.54, 1.807) is 0 Å². The number of aliphatic hydroxyl groups excluding tert-OH is 1. The molecular formula is C25H34N2O5.